The average molecular weight is 372 g/mol. The Balaban J connectivity index is 1.39. The number of rotatable bonds is 8. The minimum atomic E-state index is -0.0739. The first-order valence-electron chi connectivity index (χ1n) is 8.96. The summed E-state index contributed by atoms with van der Waals surface area (Å²) in [7, 11) is 1.66. The van der Waals surface area contributed by atoms with E-state index in [2.05, 4.69) is 27.8 Å². The molecule has 0 aliphatic carbocycles. The number of carbonyl (C=O) groups excluding carboxylic acids is 1. The summed E-state index contributed by atoms with van der Waals surface area (Å²) in [4.78, 5) is 16.6. The molecule has 1 fully saturated rings. The van der Waals surface area contributed by atoms with Gasteiger partial charge in [0.1, 0.15) is 11.6 Å². The molecule has 1 aliphatic rings. The average Bonchev–Trinajstić information content (AvgIpc) is 3.19. The summed E-state index contributed by atoms with van der Waals surface area (Å²) in [5.74, 6) is 3.95. The van der Waals surface area contributed by atoms with Gasteiger partial charge in [0.05, 0.1) is 12.7 Å². The largest absolute Gasteiger partial charge is 0.497 e. The monoisotopic (exact) mass is 371 g/mol. The molecule has 2 aromatic rings. The van der Waals surface area contributed by atoms with Gasteiger partial charge in [0.2, 0.25) is 0 Å². The summed E-state index contributed by atoms with van der Waals surface area (Å²) in [5.41, 5.74) is 1.84. The molecule has 0 bridgehead atoms. The van der Waals surface area contributed by atoms with Crippen LogP contribution in [0.3, 0.4) is 0 Å². The number of hydrogen-bond donors (Lipinski definition) is 2. The summed E-state index contributed by atoms with van der Waals surface area (Å²) in [6, 6.07) is 12.2. The van der Waals surface area contributed by atoms with Gasteiger partial charge in [0, 0.05) is 24.5 Å². The van der Waals surface area contributed by atoms with Gasteiger partial charge in [-0.3, -0.25) is 4.79 Å². The van der Waals surface area contributed by atoms with Crippen LogP contribution in [-0.4, -0.2) is 42.1 Å². The number of aryl methyl sites for hydroxylation is 1. The van der Waals surface area contributed by atoms with E-state index in [0.29, 0.717) is 18.2 Å². The number of anilines is 1. The van der Waals surface area contributed by atoms with Gasteiger partial charge in [-0.15, -0.1) is 0 Å². The maximum atomic E-state index is 12.2. The minimum absolute atomic E-state index is 0.0739. The zero-order valence-corrected chi connectivity index (χ0v) is 15.8. The maximum Gasteiger partial charge on any atom is 0.252 e. The van der Waals surface area contributed by atoms with Crippen LogP contribution in [0.1, 0.15) is 28.8 Å². The number of thioether (sulfide) groups is 1. The lowest BCUT2D eigenvalue weighted by Crippen LogP contribution is -2.25. The Morgan fingerprint density at radius 3 is 2.77 bits per heavy atom. The van der Waals surface area contributed by atoms with E-state index in [1.54, 1.807) is 13.3 Å². The van der Waals surface area contributed by atoms with E-state index in [4.69, 9.17) is 4.74 Å². The number of amides is 1. The quantitative estimate of drug-likeness (QED) is 0.697. The number of ether oxygens (including phenoxy) is 1. The molecule has 5 nitrogen and oxygen atoms in total. The van der Waals surface area contributed by atoms with E-state index in [-0.39, 0.29) is 5.91 Å². The molecule has 0 unspecified atom stereocenters. The number of nitrogens with one attached hydrogen (secondary N) is 2. The third kappa shape index (κ3) is 5.39. The van der Waals surface area contributed by atoms with Gasteiger partial charge in [0.15, 0.2) is 0 Å². The summed E-state index contributed by atoms with van der Waals surface area (Å²) in [5, 5.41) is 6.37. The normalized spacial score (nSPS) is 16.3. The van der Waals surface area contributed by atoms with Crippen LogP contribution >= 0.6 is 11.8 Å². The molecule has 1 aromatic heterocycles. The molecular formula is C20H25N3O2S. The van der Waals surface area contributed by atoms with Crippen molar-refractivity contribution in [1.29, 1.82) is 0 Å². The fraction of sp³-hybridized carbons (Fsp3) is 0.400. The molecule has 3 rings (SSSR count). The Morgan fingerprint density at radius 2 is 2.12 bits per heavy atom. The van der Waals surface area contributed by atoms with Crippen LogP contribution in [0.25, 0.3) is 0 Å². The number of pyridine rings is 1. The van der Waals surface area contributed by atoms with Crippen LogP contribution in [0.2, 0.25) is 0 Å². The minimum Gasteiger partial charge on any atom is -0.497 e. The van der Waals surface area contributed by atoms with Crippen molar-refractivity contribution in [3.63, 3.8) is 0 Å². The van der Waals surface area contributed by atoms with Gasteiger partial charge < -0.3 is 15.4 Å². The van der Waals surface area contributed by atoms with Crippen molar-refractivity contribution >= 4 is 23.5 Å². The van der Waals surface area contributed by atoms with Gasteiger partial charge in [-0.25, -0.2) is 4.98 Å². The molecule has 2 heterocycles. The molecule has 1 aromatic carbocycles. The molecule has 0 saturated carbocycles. The van der Waals surface area contributed by atoms with E-state index in [1.165, 1.54) is 17.7 Å². The lowest BCUT2D eigenvalue weighted by atomic mass is 10.1. The highest BCUT2D eigenvalue weighted by atomic mass is 32.2. The number of carbonyl (C=O) groups is 1. The Labute approximate surface area is 158 Å². The van der Waals surface area contributed by atoms with Crippen LogP contribution in [0.4, 0.5) is 5.82 Å². The van der Waals surface area contributed by atoms with Gasteiger partial charge in [-0.05, 0) is 54.8 Å². The van der Waals surface area contributed by atoms with Crippen molar-refractivity contribution in [2.24, 2.45) is 0 Å². The second-order valence-electron chi connectivity index (χ2n) is 6.34. The van der Waals surface area contributed by atoms with Crippen molar-refractivity contribution in [2.75, 3.05) is 30.5 Å². The van der Waals surface area contributed by atoms with E-state index in [9.17, 15) is 4.79 Å². The highest BCUT2D eigenvalue weighted by Gasteiger charge is 2.15. The Hall–Kier alpha value is -2.21. The highest BCUT2D eigenvalue weighted by Crippen LogP contribution is 2.20. The maximum absolute atomic E-state index is 12.2. The molecule has 1 atom stereocenters. The van der Waals surface area contributed by atoms with Gasteiger partial charge >= 0.3 is 0 Å². The lowest BCUT2D eigenvalue weighted by molar-refractivity contribution is 0.0953. The van der Waals surface area contributed by atoms with Crippen LogP contribution in [0.15, 0.2) is 42.6 Å². The molecule has 0 radical (unpaired) electrons. The molecule has 1 saturated heterocycles. The Morgan fingerprint density at radius 1 is 1.27 bits per heavy atom. The molecular weight excluding hydrogens is 346 g/mol. The van der Waals surface area contributed by atoms with E-state index in [0.717, 1.165) is 30.2 Å². The molecule has 1 aliphatic heterocycles. The molecule has 0 spiro atoms. The number of aromatic nitrogens is 1. The van der Waals surface area contributed by atoms with Gasteiger partial charge in [0.25, 0.3) is 5.91 Å². The zero-order valence-electron chi connectivity index (χ0n) is 15.0. The van der Waals surface area contributed by atoms with Crippen molar-refractivity contribution in [2.45, 2.75) is 25.3 Å². The predicted octanol–water partition coefficient (Wildman–Crippen LogP) is 3.37. The van der Waals surface area contributed by atoms with E-state index < -0.39 is 0 Å². The summed E-state index contributed by atoms with van der Waals surface area (Å²) in [6.07, 6.45) is 4.63. The Bertz CT molecular complexity index is 698. The van der Waals surface area contributed by atoms with Crippen LogP contribution in [-0.2, 0) is 6.42 Å². The van der Waals surface area contributed by atoms with E-state index in [1.807, 2.05) is 36.0 Å². The molecule has 1 amide bonds. The summed E-state index contributed by atoms with van der Waals surface area (Å²) < 4.78 is 5.15. The standard InChI is InChI=1S/C20H25N3O2S/c1-25-18-7-4-15(5-8-18)3-2-11-21-20(24)16-6-9-19(22-13-16)23-17-10-12-26-14-17/h4-9,13,17H,2-3,10-12,14H2,1H3,(H,21,24)(H,22,23)/t17-/m1/s1. The molecule has 6 heteroatoms. The van der Waals surface area contributed by atoms with Crippen molar-refractivity contribution < 1.29 is 9.53 Å². The first kappa shape index (κ1) is 18.6. The van der Waals surface area contributed by atoms with Crippen molar-refractivity contribution in [1.82, 2.24) is 10.3 Å². The number of benzene rings is 1. The van der Waals surface area contributed by atoms with Crippen LogP contribution in [0, 0.1) is 0 Å². The molecule has 138 valence electrons. The zero-order chi connectivity index (χ0) is 18.2. The van der Waals surface area contributed by atoms with Gasteiger partial charge in [-0.2, -0.15) is 11.8 Å². The fourth-order valence-electron chi connectivity index (χ4n) is 2.86. The Kier molecular flexibility index (Phi) is 6.77. The van der Waals surface area contributed by atoms with Crippen LogP contribution < -0.4 is 15.4 Å². The molecule has 26 heavy (non-hydrogen) atoms. The van der Waals surface area contributed by atoms with E-state index >= 15 is 0 Å². The highest BCUT2D eigenvalue weighted by molar-refractivity contribution is 7.99. The summed E-state index contributed by atoms with van der Waals surface area (Å²) >= 11 is 1.96. The number of methoxy groups -OCH3 is 1. The smallest absolute Gasteiger partial charge is 0.252 e. The second kappa shape index (κ2) is 9.48. The van der Waals surface area contributed by atoms with Gasteiger partial charge in [-0.1, -0.05) is 12.1 Å². The topological polar surface area (TPSA) is 63.2 Å². The van der Waals surface area contributed by atoms with Crippen LogP contribution in [0.5, 0.6) is 5.75 Å². The van der Waals surface area contributed by atoms with Crippen molar-refractivity contribution in [3.8, 4) is 5.75 Å². The third-order valence-corrected chi connectivity index (χ3v) is 5.56. The summed E-state index contributed by atoms with van der Waals surface area (Å²) in [6.45, 7) is 0.643. The first-order valence-corrected chi connectivity index (χ1v) is 10.1. The predicted molar refractivity (Wildman–Crippen MR) is 107 cm³/mol. The van der Waals surface area contributed by atoms with Crippen molar-refractivity contribution in [3.05, 3.63) is 53.7 Å². The second-order valence-corrected chi connectivity index (χ2v) is 7.49. The molecule has 2 N–H and O–H groups in total. The third-order valence-electron chi connectivity index (χ3n) is 4.39. The lowest BCUT2D eigenvalue weighted by Gasteiger charge is -2.12. The fourth-order valence-corrected chi connectivity index (χ4v) is 4.01. The number of nitrogens with zero attached hydrogens (tertiary/aromatic N) is 1. The number of hydrogen-bond acceptors (Lipinski definition) is 5. The SMILES string of the molecule is COc1ccc(CCCNC(=O)c2ccc(N[C@@H]3CCSC3)nc2)cc1. The first-order chi connectivity index (χ1) is 12.7.